The summed E-state index contributed by atoms with van der Waals surface area (Å²) in [5, 5.41) is 10.3. The van der Waals surface area contributed by atoms with Crippen LogP contribution < -0.4 is 11.2 Å². The van der Waals surface area contributed by atoms with Gasteiger partial charge >= 0.3 is 5.69 Å². The number of methoxy groups -OCH3 is 1. The fourth-order valence-electron chi connectivity index (χ4n) is 6.38. The maximum absolute atomic E-state index is 16.3. The lowest BCUT2D eigenvalue weighted by Gasteiger charge is -2.48. The molecule has 3 N–H and O–H groups in total. The van der Waals surface area contributed by atoms with E-state index in [0.717, 1.165) is 12.8 Å². The molecule has 7 nitrogen and oxygen atoms in total. The van der Waals surface area contributed by atoms with Crippen LogP contribution in [0.5, 0.6) is 0 Å². The Labute approximate surface area is 176 Å². The Morgan fingerprint density at radius 1 is 1.16 bits per heavy atom. The molecule has 1 aromatic rings. The van der Waals surface area contributed by atoms with Crippen molar-refractivity contribution in [3.63, 3.8) is 0 Å². The van der Waals surface area contributed by atoms with E-state index in [1.165, 1.54) is 7.11 Å². The summed E-state index contributed by atoms with van der Waals surface area (Å²) in [5.74, 6) is -5.53. The van der Waals surface area contributed by atoms with Crippen molar-refractivity contribution in [3.05, 3.63) is 37.9 Å². The quantitative estimate of drug-likeness (QED) is 0.666. The first-order valence-electron chi connectivity index (χ1n) is 10.7. The van der Waals surface area contributed by atoms with Gasteiger partial charge in [-0.25, -0.2) is 18.0 Å². The summed E-state index contributed by atoms with van der Waals surface area (Å²) in [6, 6.07) is 0. The molecule has 3 aliphatic carbocycles. The van der Waals surface area contributed by atoms with Crippen molar-refractivity contribution < 1.29 is 23.0 Å². The summed E-state index contributed by atoms with van der Waals surface area (Å²) in [5.41, 5.74) is -2.39. The molecule has 0 bridgehead atoms. The molecule has 170 valence electrons. The van der Waals surface area contributed by atoms with Crippen LogP contribution in [-0.2, 0) is 4.74 Å². The van der Waals surface area contributed by atoms with E-state index in [9.17, 15) is 23.5 Å². The van der Waals surface area contributed by atoms with Gasteiger partial charge in [0, 0.05) is 37.0 Å². The third kappa shape index (κ3) is 2.73. The van der Waals surface area contributed by atoms with Gasteiger partial charge in [-0.05, 0) is 31.1 Å². The van der Waals surface area contributed by atoms with Crippen LogP contribution in [0.4, 0.5) is 13.2 Å². The molecule has 0 amide bonds. The van der Waals surface area contributed by atoms with Crippen LogP contribution in [0.25, 0.3) is 5.76 Å². The number of alkyl halides is 2. The molecule has 0 spiro atoms. The van der Waals surface area contributed by atoms with Gasteiger partial charge in [-0.2, -0.15) is 0 Å². The van der Waals surface area contributed by atoms with E-state index < -0.39 is 46.5 Å². The molecule has 4 aliphatic rings. The molecular weight excluding hydrogens is 415 g/mol. The maximum atomic E-state index is 16.3. The van der Waals surface area contributed by atoms with E-state index in [2.05, 4.69) is 9.97 Å². The number of aromatic amines is 2. The zero-order valence-electron chi connectivity index (χ0n) is 17.4. The largest absolute Gasteiger partial charge is 0.493 e. The summed E-state index contributed by atoms with van der Waals surface area (Å²) in [6.45, 7) is 2.24. The van der Waals surface area contributed by atoms with Crippen molar-refractivity contribution in [3.8, 4) is 0 Å². The summed E-state index contributed by atoms with van der Waals surface area (Å²) in [7, 11) is 1.27. The van der Waals surface area contributed by atoms with Crippen molar-refractivity contribution in [2.75, 3.05) is 20.2 Å². The first-order chi connectivity index (χ1) is 14.6. The Morgan fingerprint density at radius 2 is 1.87 bits per heavy atom. The van der Waals surface area contributed by atoms with Crippen molar-refractivity contribution in [2.24, 2.45) is 17.8 Å². The number of halogens is 3. The van der Waals surface area contributed by atoms with Crippen LogP contribution >= 0.6 is 0 Å². The lowest BCUT2D eigenvalue weighted by molar-refractivity contribution is -0.161. The molecule has 1 aliphatic heterocycles. The molecule has 1 aromatic heterocycles. The van der Waals surface area contributed by atoms with Gasteiger partial charge in [0.2, 0.25) is 0 Å². The Kier molecular flexibility index (Phi) is 4.51. The number of nitrogens with one attached hydrogen (secondary N) is 2. The van der Waals surface area contributed by atoms with Crippen LogP contribution in [0, 0.1) is 17.8 Å². The van der Waals surface area contributed by atoms with Gasteiger partial charge in [0.15, 0.2) is 11.6 Å². The number of H-pyrrole nitrogens is 2. The summed E-state index contributed by atoms with van der Waals surface area (Å²) in [6.07, 6.45) is -0.419. The monoisotopic (exact) mass is 441 g/mol. The predicted octanol–water partition coefficient (Wildman–Crippen LogP) is 1.95. The Morgan fingerprint density at radius 3 is 2.52 bits per heavy atom. The van der Waals surface area contributed by atoms with E-state index >= 15 is 4.39 Å². The highest BCUT2D eigenvalue weighted by atomic mass is 19.3. The molecule has 5 atom stereocenters. The number of ether oxygens (including phenoxy) is 1. The number of aliphatic hydroxyl groups excluding tert-OH is 1. The van der Waals surface area contributed by atoms with Gasteiger partial charge in [-0.1, -0.05) is 6.92 Å². The number of likely N-dealkylation sites (tertiary alicyclic amines) is 1. The number of aromatic nitrogens is 2. The van der Waals surface area contributed by atoms with Crippen molar-refractivity contribution in [2.45, 2.75) is 56.1 Å². The van der Waals surface area contributed by atoms with Gasteiger partial charge in [-0.15, -0.1) is 0 Å². The second kappa shape index (κ2) is 6.71. The maximum Gasteiger partial charge on any atom is 0.325 e. The lowest BCUT2D eigenvalue weighted by atomic mass is 9.71. The minimum absolute atomic E-state index is 0.0356. The third-order valence-electron chi connectivity index (χ3n) is 7.95. The molecule has 5 unspecified atom stereocenters. The number of rotatable bonds is 3. The molecule has 3 fully saturated rings. The van der Waals surface area contributed by atoms with Crippen LogP contribution in [0.1, 0.15) is 49.8 Å². The molecule has 5 rings (SSSR count). The number of aliphatic hydroxyl groups is 1. The number of nitrogens with zero attached hydrogens (tertiary/aromatic N) is 1. The Hall–Kier alpha value is -2.07. The molecule has 1 saturated heterocycles. The fraction of sp³-hybridized carbons (Fsp3) is 0.714. The first kappa shape index (κ1) is 20.8. The Bertz CT molecular complexity index is 1060. The number of fused-ring (bicyclic) bond motifs is 2. The van der Waals surface area contributed by atoms with E-state index in [1.807, 2.05) is 4.90 Å². The molecule has 0 radical (unpaired) electrons. The molecular formula is C21H26F3N3O4. The molecule has 10 heteroatoms. The summed E-state index contributed by atoms with van der Waals surface area (Å²) in [4.78, 5) is 31.2. The SMILES string of the molecule is COC1=C(F)C(C2CC2)(N2CC3CCC(F)(F)C(O)C3C2)C(C)c2[nH]c(=O)[nH]c(=O)c21. The smallest absolute Gasteiger partial charge is 0.325 e. The van der Waals surface area contributed by atoms with Crippen LogP contribution in [0.2, 0.25) is 0 Å². The standard InChI is InChI=1S/C21H26F3N3O4/c1-9-14-13(18(29)26-19(30)25-14)15(31-2)16(22)21(9,11-3-4-11)27-7-10-5-6-20(23,24)17(28)12(10)8-27/h9-12,17,28H,3-8H2,1-2H3,(H2,25,26,29,30). The minimum atomic E-state index is -3.15. The average molecular weight is 441 g/mol. The second-order valence-corrected chi connectivity index (χ2v) is 9.44. The fourth-order valence-corrected chi connectivity index (χ4v) is 6.38. The van der Waals surface area contributed by atoms with Crippen molar-refractivity contribution >= 4 is 5.76 Å². The molecule has 31 heavy (non-hydrogen) atoms. The topological polar surface area (TPSA) is 98.4 Å². The van der Waals surface area contributed by atoms with Crippen LogP contribution in [-0.4, -0.2) is 57.7 Å². The van der Waals surface area contributed by atoms with E-state index in [4.69, 9.17) is 4.74 Å². The van der Waals surface area contributed by atoms with Crippen molar-refractivity contribution in [1.82, 2.24) is 14.9 Å². The number of hydrogen-bond acceptors (Lipinski definition) is 5. The molecule has 2 saturated carbocycles. The lowest BCUT2D eigenvalue weighted by Crippen LogP contribution is -2.57. The van der Waals surface area contributed by atoms with E-state index in [1.54, 1.807) is 6.92 Å². The zero-order valence-corrected chi connectivity index (χ0v) is 17.4. The normalized spacial score (nSPS) is 37.5. The molecule has 2 heterocycles. The summed E-state index contributed by atoms with van der Waals surface area (Å²) >= 11 is 0. The van der Waals surface area contributed by atoms with Gasteiger partial charge < -0.3 is 14.8 Å². The second-order valence-electron chi connectivity index (χ2n) is 9.44. The first-order valence-corrected chi connectivity index (χ1v) is 10.7. The zero-order chi connectivity index (χ0) is 22.3. The van der Waals surface area contributed by atoms with Crippen LogP contribution in [0.15, 0.2) is 15.4 Å². The van der Waals surface area contributed by atoms with Gasteiger partial charge in [0.1, 0.15) is 11.7 Å². The molecule has 0 aromatic carbocycles. The van der Waals surface area contributed by atoms with Crippen LogP contribution in [0.3, 0.4) is 0 Å². The summed E-state index contributed by atoms with van der Waals surface area (Å²) < 4.78 is 50.0. The minimum Gasteiger partial charge on any atom is -0.493 e. The van der Waals surface area contributed by atoms with Gasteiger partial charge in [-0.3, -0.25) is 14.7 Å². The number of hydrogen-bond donors (Lipinski definition) is 3. The van der Waals surface area contributed by atoms with Gasteiger partial charge in [0.25, 0.3) is 11.5 Å². The highest BCUT2D eigenvalue weighted by Crippen LogP contribution is 2.60. The highest BCUT2D eigenvalue weighted by molar-refractivity contribution is 5.69. The van der Waals surface area contributed by atoms with E-state index in [0.29, 0.717) is 12.2 Å². The van der Waals surface area contributed by atoms with Crippen molar-refractivity contribution in [1.29, 1.82) is 0 Å². The van der Waals surface area contributed by atoms with E-state index in [-0.39, 0.29) is 42.5 Å². The predicted molar refractivity (Wildman–Crippen MR) is 105 cm³/mol. The Balaban J connectivity index is 1.66. The average Bonchev–Trinajstić information content (AvgIpc) is 3.46. The van der Waals surface area contributed by atoms with Gasteiger partial charge in [0.05, 0.1) is 12.6 Å². The highest BCUT2D eigenvalue weighted by Gasteiger charge is 2.64. The third-order valence-corrected chi connectivity index (χ3v) is 7.95.